The van der Waals surface area contributed by atoms with Crippen LogP contribution in [0.4, 0.5) is 5.69 Å². The number of aryl methyl sites for hydroxylation is 1. The van der Waals surface area contributed by atoms with Crippen LogP contribution >= 0.6 is 11.3 Å². The molecule has 5 nitrogen and oxygen atoms in total. The first-order valence-electron chi connectivity index (χ1n) is 6.24. The fraction of sp³-hybridized carbons (Fsp3) is 0.286. The van der Waals surface area contributed by atoms with Gasteiger partial charge in [0.1, 0.15) is 5.01 Å². The van der Waals surface area contributed by atoms with Gasteiger partial charge in [0.2, 0.25) is 0 Å². The molecule has 4 N–H and O–H groups in total. The van der Waals surface area contributed by atoms with Crippen LogP contribution in [0.5, 0.6) is 0 Å². The van der Waals surface area contributed by atoms with E-state index in [1.54, 1.807) is 12.3 Å². The molecule has 2 rings (SSSR count). The monoisotopic (exact) mass is 290 g/mol. The summed E-state index contributed by atoms with van der Waals surface area (Å²) in [5.41, 5.74) is 4.20. The maximum absolute atomic E-state index is 12.4. The van der Waals surface area contributed by atoms with E-state index in [0.29, 0.717) is 11.3 Å². The number of nitrogen functional groups attached to an aromatic ring is 1. The molecular formula is C14H18N4OS. The molecule has 106 valence electrons. The number of hydrogen-bond acceptors (Lipinski definition) is 5. The van der Waals surface area contributed by atoms with E-state index in [1.165, 1.54) is 11.3 Å². The Bertz CT molecular complexity index is 608. The van der Waals surface area contributed by atoms with Crippen LogP contribution in [-0.4, -0.2) is 10.9 Å². The third-order valence-electron chi connectivity index (χ3n) is 2.97. The fourth-order valence-electron chi connectivity index (χ4n) is 1.91. The minimum Gasteiger partial charge on any atom is -0.341 e. The van der Waals surface area contributed by atoms with Crippen LogP contribution in [0.25, 0.3) is 0 Å². The molecule has 0 atom stereocenters. The molecule has 0 spiro atoms. The molecule has 2 aromatic rings. The van der Waals surface area contributed by atoms with Crippen LogP contribution in [0.15, 0.2) is 29.8 Å². The summed E-state index contributed by atoms with van der Waals surface area (Å²) in [6.45, 7) is 5.79. The van der Waals surface area contributed by atoms with Crippen molar-refractivity contribution in [3.05, 3.63) is 45.9 Å². The lowest BCUT2D eigenvalue weighted by molar-refractivity contribution is 0.0912. The minimum absolute atomic E-state index is 0.182. The van der Waals surface area contributed by atoms with Crippen molar-refractivity contribution in [3.63, 3.8) is 0 Å². The number of benzene rings is 1. The molecule has 0 aliphatic rings. The summed E-state index contributed by atoms with van der Waals surface area (Å²) >= 11 is 1.51. The van der Waals surface area contributed by atoms with Gasteiger partial charge in [-0.3, -0.25) is 10.6 Å². The molecule has 0 aliphatic heterocycles. The Kier molecular flexibility index (Phi) is 4.06. The number of nitrogens with two attached hydrogens (primary N) is 1. The van der Waals surface area contributed by atoms with Crippen LogP contribution in [-0.2, 0) is 5.54 Å². The SMILES string of the molecule is Cc1ccc(C(=O)NC(C)(C)c2nccs2)c(NN)c1. The Labute approximate surface area is 122 Å². The van der Waals surface area contributed by atoms with Crippen molar-refractivity contribution < 1.29 is 4.79 Å². The van der Waals surface area contributed by atoms with Gasteiger partial charge in [-0.25, -0.2) is 4.98 Å². The molecule has 0 aliphatic carbocycles. The molecule has 0 bridgehead atoms. The van der Waals surface area contributed by atoms with Crippen molar-refractivity contribution in [2.75, 3.05) is 5.43 Å². The van der Waals surface area contributed by atoms with E-state index in [-0.39, 0.29) is 5.91 Å². The van der Waals surface area contributed by atoms with Gasteiger partial charge in [-0.05, 0) is 38.5 Å². The van der Waals surface area contributed by atoms with Crippen LogP contribution in [0.3, 0.4) is 0 Å². The second kappa shape index (κ2) is 5.60. The molecular weight excluding hydrogens is 272 g/mol. The highest BCUT2D eigenvalue weighted by Gasteiger charge is 2.26. The van der Waals surface area contributed by atoms with Gasteiger partial charge < -0.3 is 10.7 Å². The van der Waals surface area contributed by atoms with Gasteiger partial charge in [0, 0.05) is 11.6 Å². The van der Waals surface area contributed by atoms with Crippen molar-refractivity contribution in [1.29, 1.82) is 0 Å². The predicted molar refractivity (Wildman–Crippen MR) is 81.6 cm³/mol. The number of aromatic nitrogens is 1. The first kappa shape index (κ1) is 14.5. The third-order valence-corrected chi connectivity index (χ3v) is 4.06. The lowest BCUT2D eigenvalue weighted by atomic mass is 10.0. The summed E-state index contributed by atoms with van der Waals surface area (Å²) in [6.07, 6.45) is 1.73. The summed E-state index contributed by atoms with van der Waals surface area (Å²) < 4.78 is 0. The normalized spacial score (nSPS) is 11.2. The first-order chi connectivity index (χ1) is 9.44. The maximum atomic E-state index is 12.4. The summed E-state index contributed by atoms with van der Waals surface area (Å²) in [5.74, 6) is 5.29. The molecule has 0 saturated carbocycles. The Balaban J connectivity index is 2.25. The molecule has 6 heteroatoms. The zero-order chi connectivity index (χ0) is 14.8. The van der Waals surface area contributed by atoms with Crippen LogP contribution in [0, 0.1) is 6.92 Å². The summed E-state index contributed by atoms with van der Waals surface area (Å²) in [5, 5.41) is 5.73. The van der Waals surface area contributed by atoms with Gasteiger partial charge in [0.15, 0.2) is 0 Å². The lowest BCUT2D eigenvalue weighted by Crippen LogP contribution is -2.41. The van der Waals surface area contributed by atoms with Gasteiger partial charge in [0.05, 0.1) is 16.8 Å². The lowest BCUT2D eigenvalue weighted by Gasteiger charge is -2.24. The largest absolute Gasteiger partial charge is 0.341 e. The highest BCUT2D eigenvalue weighted by Crippen LogP contribution is 2.24. The molecule has 1 aromatic carbocycles. The molecule has 1 heterocycles. The Morgan fingerprint density at radius 3 is 2.75 bits per heavy atom. The number of nitrogens with zero attached hydrogens (tertiary/aromatic N) is 1. The van der Waals surface area contributed by atoms with E-state index in [2.05, 4.69) is 15.7 Å². The number of thiazole rings is 1. The number of anilines is 1. The number of rotatable bonds is 4. The molecule has 0 fully saturated rings. The van der Waals surface area contributed by atoms with Crippen LogP contribution in [0.2, 0.25) is 0 Å². The molecule has 0 saturated heterocycles. The number of hydrazine groups is 1. The van der Waals surface area contributed by atoms with Crippen molar-refractivity contribution in [2.45, 2.75) is 26.3 Å². The molecule has 0 radical (unpaired) electrons. The smallest absolute Gasteiger partial charge is 0.254 e. The Hall–Kier alpha value is -1.92. The Morgan fingerprint density at radius 2 is 2.15 bits per heavy atom. The van der Waals surface area contributed by atoms with Gasteiger partial charge in [-0.1, -0.05) is 6.07 Å². The number of hydrogen-bond donors (Lipinski definition) is 3. The maximum Gasteiger partial charge on any atom is 0.254 e. The zero-order valence-electron chi connectivity index (χ0n) is 11.7. The molecule has 20 heavy (non-hydrogen) atoms. The predicted octanol–water partition coefficient (Wildman–Crippen LogP) is 2.40. The standard InChI is InChI=1S/C14H18N4OS/c1-9-4-5-10(11(8-9)18-15)12(19)17-14(2,3)13-16-6-7-20-13/h4-8,18H,15H2,1-3H3,(H,17,19). The molecule has 0 unspecified atom stereocenters. The highest BCUT2D eigenvalue weighted by molar-refractivity contribution is 7.09. The summed E-state index contributed by atoms with van der Waals surface area (Å²) in [7, 11) is 0. The second-order valence-corrected chi connectivity index (χ2v) is 6.00. The summed E-state index contributed by atoms with van der Waals surface area (Å²) in [6, 6.07) is 5.48. The molecule has 1 amide bonds. The Morgan fingerprint density at radius 1 is 1.40 bits per heavy atom. The number of amides is 1. The number of carbonyl (C=O) groups excluding carboxylic acids is 1. The number of nitrogens with one attached hydrogen (secondary N) is 2. The van der Waals surface area contributed by atoms with E-state index in [1.807, 2.05) is 38.3 Å². The van der Waals surface area contributed by atoms with E-state index in [4.69, 9.17) is 5.84 Å². The average Bonchev–Trinajstić information content (AvgIpc) is 2.92. The van der Waals surface area contributed by atoms with E-state index < -0.39 is 5.54 Å². The van der Waals surface area contributed by atoms with E-state index in [0.717, 1.165) is 10.6 Å². The third kappa shape index (κ3) is 2.97. The second-order valence-electron chi connectivity index (χ2n) is 5.11. The van der Waals surface area contributed by atoms with Gasteiger partial charge in [-0.15, -0.1) is 11.3 Å². The minimum atomic E-state index is -0.526. The summed E-state index contributed by atoms with van der Waals surface area (Å²) in [4.78, 5) is 16.7. The van der Waals surface area contributed by atoms with Crippen molar-refractivity contribution in [1.82, 2.24) is 10.3 Å². The average molecular weight is 290 g/mol. The highest BCUT2D eigenvalue weighted by atomic mass is 32.1. The topological polar surface area (TPSA) is 80.0 Å². The molecule has 1 aromatic heterocycles. The van der Waals surface area contributed by atoms with Crippen LogP contribution < -0.4 is 16.6 Å². The quantitative estimate of drug-likeness (QED) is 0.596. The fourth-order valence-corrected chi connectivity index (χ4v) is 2.63. The van der Waals surface area contributed by atoms with E-state index in [9.17, 15) is 4.79 Å². The zero-order valence-corrected chi connectivity index (χ0v) is 12.5. The van der Waals surface area contributed by atoms with Crippen molar-refractivity contribution in [2.24, 2.45) is 5.84 Å². The van der Waals surface area contributed by atoms with Crippen molar-refractivity contribution in [3.8, 4) is 0 Å². The van der Waals surface area contributed by atoms with E-state index >= 15 is 0 Å². The van der Waals surface area contributed by atoms with Crippen molar-refractivity contribution >= 4 is 22.9 Å². The number of carbonyl (C=O) groups is 1. The van der Waals surface area contributed by atoms with Gasteiger partial charge >= 0.3 is 0 Å². The van der Waals surface area contributed by atoms with Crippen LogP contribution in [0.1, 0.15) is 34.8 Å². The first-order valence-corrected chi connectivity index (χ1v) is 7.12. The van der Waals surface area contributed by atoms with Gasteiger partial charge in [-0.2, -0.15) is 0 Å². The van der Waals surface area contributed by atoms with Gasteiger partial charge in [0.25, 0.3) is 5.91 Å².